The van der Waals surface area contributed by atoms with E-state index in [4.69, 9.17) is 22.1 Å². The summed E-state index contributed by atoms with van der Waals surface area (Å²) in [5, 5.41) is 3.35. The number of nitrogens with two attached hydrogens (primary N) is 1. The summed E-state index contributed by atoms with van der Waals surface area (Å²) >= 11 is 6.20. The first-order chi connectivity index (χ1) is 22.3. The third-order valence-corrected chi connectivity index (χ3v) is 9.24. The van der Waals surface area contributed by atoms with Crippen molar-refractivity contribution in [2.45, 2.75) is 37.8 Å². The van der Waals surface area contributed by atoms with E-state index in [1.807, 2.05) is 24.3 Å². The highest BCUT2D eigenvalue weighted by atomic mass is 35.5. The molecule has 1 aromatic heterocycles. The van der Waals surface area contributed by atoms with Gasteiger partial charge >= 0.3 is 0 Å². The van der Waals surface area contributed by atoms with Crippen LogP contribution in [0.1, 0.15) is 46.4 Å². The maximum Gasteiger partial charge on any atom is 0.255 e. The average molecular weight is 642 g/mol. The second-order valence-electron chi connectivity index (χ2n) is 12.0. The number of para-hydroxylation sites is 1. The molecule has 0 radical (unpaired) electrons. The van der Waals surface area contributed by atoms with E-state index in [0.29, 0.717) is 48.3 Å². The van der Waals surface area contributed by atoms with Crippen molar-refractivity contribution in [1.82, 2.24) is 20.1 Å². The zero-order valence-electron chi connectivity index (χ0n) is 25.7. The summed E-state index contributed by atoms with van der Waals surface area (Å²) in [7, 11) is 2.16. The molecule has 0 spiro atoms. The summed E-state index contributed by atoms with van der Waals surface area (Å²) in [5.74, 6) is -0.00509. The lowest BCUT2D eigenvalue weighted by molar-refractivity contribution is 0.0783. The molecule has 3 N–H and O–H groups in total. The largest absolute Gasteiger partial charge is 0.493 e. The number of pyridine rings is 1. The van der Waals surface area contributed by atoms with Gasteiger partial charge in [-0.25, -0.2) is 9.37 Å². The Bertz CT molecular complexity index is 1730. The Balaban J connectivity index is 1.08. The zero-order chi connectivity index (χ0) is 32.2. The van der Waals surface area contributed by atoms with Crippen LogP contribution in [0.15, 0.2) is 79.0 Å². The lowest BCUT2D eigenvalue weighted by atomic mass is 10.0. The molecule has 0 saturated carbocycles. The number of amides is 2. The number of hydrogen-bond donors (Lipinski definition) is 2. The van der Waals surface area contributed by atoms with Crippen LogP contribution in [0.4, 0.5) is 10.2 Å². The minimum atomic E-state index is -0.406. The number of ether oxygens (including phenoxy) is 1. The number of nitrogens with zero attached hydrogens (tertiary/aromatic N) is 3. The fraction of sp³-hybridized carbons (Fsp3) is 0.306. The van der Waals surface area contributed by atoms with Gasteiger partial charge in [0.05, 0.1) is 17.2 Å². The van der Waals surface area contributed by atoms with Crippen molar-refractivity contribution in [2.75, 3.05) is 39.0 Å². The second-order valence-corrected chi connectivity index (χ2v) is 12.4. The van der Waals surface area contributed by atoms with Gasteiger partial charge in [0, 0.05) is 53.6 Å². The van der Waals surface area contributed by atoms with Crippen molar-refractivity contribution in [3.63, 3.8) is 0 Å². The number of hydrogen-bond acceptors (Lipinski definition) is 6. The van der Waals surface area contributed by atoms with Gasteiger partial charge in [0.25, 0.3) is 11.8 Å². The maximum absolute atomic E-state index is 13.4. The summed E-state index contributed by atoms with van der Waals surface area (Å²) in [6.45, 7) is 2.61. The Kier molecular flexibility index (Phi) is 9.51. The summed E-state index contributed by atoms with van der Waals surface area (Å²) in [4.78, 5) is 35.1. The molecule has 46 heavy (non-hydrogen) atoms. The molecule has 10 heteroatoms. The summed E-state index contributed by atoms with van der Waals surface area (Å²) in [6.07, 6.45) is 5.63. The highest BCUT2D eigenvalue weighted by Gasteiger charge is 2.29. The standard InChI is InChI=1S/C36H37ClFN5O3/c1-42-16-4-5-28(42)15-18-46-33-7-3-2-6-30(33)25-19-31(34(39)40-21-25)35(44)41-27-14-17-43(22-27)36(45)24-10-8-23(9-11-24)29-13-12-26(38)20-32(29)37/h2-3,6-13,19-21,27-28H,4-5,14-18,22H2,1H3,(H2,39,40)(H,41,44)/t27-,28?/m1/s1. The van der Waals surface area contributed by atoms with Crippen LogP contribution in [0.25, 0.3) is 22.3 Å². The number of nitrogen functional groups attached to an aromatic ring is 1. The fourth-order valence-electron chi connectivity index (χ4n) is 6.31. The molecule has 2 atom stereocenters. The Hall–Kier alpha value is -4.47. The minimum Gasteiger partial charge on any atom is -0.493 e. The third-order valence-electron chi connectivity index (χ3n) is 8.93. The van der Waals surface area contributed by atoms with Crippen molar-refractivity contribution < 1.29 is 18.7 Å². The van der Waals surface area contributed by atoms with E-state index in [-0.39, 0.29) is 29.2 Å². The molecule has 6 rings (SSSR count). The van der Waals surface area contributed by atoms with Gasteiger partial charge in [-0.15, -0.1) is 0 Å². The van der Waals surface area contributed by atoms with E-state index in [0.717, 1.165) is 35.4 Å². The highest BCUT2D eigenvalue weighted by Crippen LogP contribution is 2.32. The normalized spacial score (nSPS) is 18.1. The van der Waals surface area contributed by atoms with E-state index >= 15 is 0 Å². The van der Waals surface area contributed by atoms with Gasteiger partial charge in [0.15, 0.2) is 0 Å². The van der Waals surface area contributed by atoms with Crippen LogP contribution < -0.4 is 15.8 Å². The van der Waals surface area contributed by atoms with Gasteiger partial charge in [-0.05, 0) is 87.3 Å². The van der Waals surface area contributed by atoms with Crippen molar-refractivity contribution in [3.05, 3.63) is 101 Å². The molecule has 3 aromatic carbocycles. The van der Waals surface area contributed by atoms with E-state index < -0.39 is 5.82 Å². The van der Waals surface area contributed by atoms with Crippen LogP contribution in [0.2, 0.25) is 5.02 Å². The predicted molar refractivity (Wildman–Crippen MR) is 178 cm³/mol. The summed E-state index contributed by atoms with van der Waals surface area (Å²) in [6, 6.07) is 21.1. The number of rotatable bonds is 9. The minimum absolute atomic E-state index is 0.132. The molecule has 0 bridgehead atoms. The van der Waals surface area contributed by atoms with Crippen molar-refractivity contribution in [1.29, 1.82) is 0 Å². The molecule has 2 amide bonds. The average Bonchev–Trinajstić information content (AvgIpc) is 3.70. The van der Waals surface area contributed by atoms with Crippen LogP contribution >= 0.6 is 11.6 Å². The van der Waals surface area contributed by atoms with Crippen LogP contribution in [0.5, 0.6) is 5.75 Å². The number of halogens is 2. The lowest BCUT2D eigenvalue weighted by Crippen LogP contribution is -2.38. The Morgan fingerprint density at radius 1 is 1.02 bits per heavy atom. The number of benzene rings is 3. The van der Waals surface area contributed by atoms with Gasteiger partial charge in [0.1, 0.15) is 17.4 Å². The van der Waals surface area contributed by atoms with E-state index in [1.165, 1.54) is 25.0 Å². The summed E-state index contributed by atoms with van der Waals surface area (Å²) < 4.78 is 19.7. The molecule has 2 fully saturated rings. The number of carbonyl (C=O) groups is 2. The number of carbonyl (C=O) groups excluding carboxylic acids is 2. The molecule has 2 aliphatic rings. The van der Waals surface area contributed by atoms with Crippen molar-refractivity contribution >= 4 is 29.2 Å². The van der Waals surface area contributed by atoms with Gasteiger partial charge in [-0.1, -0.05) is 41.9 Å². The molecular weight excluding hydrogens is 605 g/mol. The van der Waals surface area contributed by atoms with Gasteiger partial charge in [-0.3, -0.25) is 9.59 Å². The first-order valence-electron chi connectivity index (χ1n) is 15.6. The Morgan fingerprint density at radius 3 is 2.59 bits per heavy atom. The summed E-state index contributed by atoms with van der Waals surface area (Å²) in [5.41, 5.74) is 10.0. The quantitative estimate of drug-likeness (QED) is 0.223. The van der Waals surface area contributed by atoms with E-state index in [1.54, 1.807) is 47.5 Å². The van der Waals surface area contributed by atoms with Crippen LogP contribution in [-0.2, 0) is 0 Å². The van der Waals surface area contributed by atoms with E-state index in [9.17, 15) is 14.0 Å². The van der Waals surface area contributed by atoms with Gasteiger partial charge < -0.3 is 25.6 Å². The first kappa shape index (κ1) is 31.5. The number of aromatic nitrogens is 1. The highest BCUT2D eigenvalue weighted by molar-refractivity contribution is 6.33. The Labute approximate surface area is 273 Å². The SMILES string of the molecule is CN1CCCC1CCOc1ccccc1-c1cnc(N)c(C(=O)N[C@@H]2CCN(C(=O)c3ccc(-c4ccc(F)cc4Cl)cc3)C2)c1. The molecule has 4 aromatic rings. The van der Waals surface area contributed by atoms with Gasteiger partial charge in [-0.2, -0.15) is 0 Å². The number of likely N-dealkylation sites (tertiary alicyclic amines) is 2. The van der Waals surface area contributed by atoms with Crippen LogP contribution in [0, 0.1) is 5.82 Å². The zero-order valence-corrected chi connectivity index (χ0v) is 26.5. The molecule has 238 valence electrons. The molecule has 8 nitrogen and oxygen atoms in total. The van der Waals surface area contributed by atoms with Crippen molar-refractivity contribution in [3.8, 4) is 28.0 Å². The first-order valence-corrected chi connectivity index (χ1v) is 16.0. The topological polar surface area (TPSA) is 101 Å². The predicted octanol–water partition coefficient (Wildman–Crippen LogP) is 6.30. The molecule has 0 aliphatic carbocycles. The number of anilines is 1. The molecule has 1 unspecified atom stereocenters. The smallest absolute Gasteiger partial charge is 0.255 e. The molecule has 2 saturated heterocycles. The number of nitrogens with one attached hydrogen (secondary N) is 1. The molecular formula is C36H37ClFN5O3. The second kappa shape index (κ2) is 13.9. The van der Waals surface area contributed by atoms with Crippen LogP contribution in [0.3, 0.4) is 0 Å². The molecule has 3 heterocycles. The van der Waals surface area contributed by atoms with Crippen molar-refractivity contribution in [2.24, 2.45) is 0 Å². The Morgan fingerprint density at radius 2 is 1.83 bits per heavy atom. The van der Waals surface area contributed by atoms with Crippen LogP contribution in [-0.4, -0.2) is 72.0 Å². The fourth-order valence-corrected chi connectivity index (χ4v) is 6.58. The van der Waals surface area contributed by atoms with Gasteiger partial charge in [0.2, 0.25) is 0 Å². The maximum atomic E-state index is 13.4. The monoisotopic (exact) mass is 641 g/mol. The van der Waals surface area contributed by atoms with E-state index in [2.05, 4.69) is 22.2 Å². The third kappa shape index (κ3) is 7.00. The lowest BCUT2D eigenvalue weighted by Gasteiger charge is -2.20. The molecule has 2 aliphatic heterocycles.